The minimum atomic E-state index is 0.377. The van der Waals surface area contributed by atoms with Gasteiger partial charge in [-0.25, -0.2) is 15.0 Å². The summed E-state index contributed by atoms with van der Waals surface area (Å²) < 4.78 is 0.836. The lowest BCUT2D eigenvalue weighted by Crippen LogP contribution is -1.88. The summed E-state index contributed by atoms with van der Waals surface area (Å²) in [5.41, 5.74) is 0.826. The first-order valence-electron chi connectivity index (χ1n) is 2.71. The summed E-state index contributed by atoms with van der Waals surface area (Å²) >= 11 is 0. The van der Waals surface area contributed by atoms with E-state index < -0.39 is 0 Å². The Balaban J connectivity index is 2.93. The van der Waals surface area contributed by atoms with Crippen molar-refractivity contribution >= 4 is 11.3 Å². The lowest BCUT2D eigenvalue weighted by atomic mass is 10.7. The smallest absolute Gasteiger partial charge is 0.214 e. The van der Waals surface area contributed by atoms with Gasteiger partial charge in [0.2, 0.25) is 11.3 Å². The van der Waals surface area contributed by atoms with Gasteiger partial charge in [0, 0.05) is 12.4 Å². The van der Waals surface area contributed by atoms with Crippen molar-refractivity contribution in [2.75, 3.05) is 0 Å². The molecule has 1 N–H and O–H groups in total. The number of imidazole rings is 1. The zero-order valence-corrected chi connectivity index (χ0v) is 4.97. The molecule has 2 aromatic rings. The van der Waals surface area contributed by atoms with Crippen molar-refractivity contribution in [3.05, 3.63) is 18.7 Å². The molecule has 10 heavy (non-hydrogen) atoms. The van der Waals surface area contributed by atoms with Crippen LogP contribution in [0.2, 0.25) is 0 Å². The molecule has 5 nitrogen and oxygen atoms in total. The van der Waals surface area contributed by atoms with E-state index in [9.17, 15) is 0 Å². The average Bonchev–Trinajstić information content (AvgIpc) is 2.34. The van der Waals surface area contributed by atoms with E-state index in [0.29, 0.717) is 11.3 Å². The Kier molecular flexibility index (Phi) is 0.858. The molecule has 2 rings (SSSR count). The standard InChI is InChI=1S/C5H4N4O/c10-9-3-8-4-5(9)7-2-1-6-4/h1-3,10H. The Morgan fingerprint density at radius 2 is 2.00 bits per heavy atom. The van der Waals surface area contributed by atoms with Crippen LogP contribution < -0.4 is 0 Å². The summed E-state index contributed by atoms with van der Waals surface area (Å²) in [6.45, 7) is 0. The van der Waals surface area contributed by atoms with E-state index in [2.05, 4.69) is 15.0 Å². The van der Waals surface area contributed by atoms with E-state index in [0.717, 1.165) is 4.73 Å². The third-order valence-electron chi connectivity index (χ3n) is 1.17. The molecule has 0 amide bonds. The fraction of sp³-hybridized carbons (Fsp3) is 0. The molecule has 0 fully saturated rings. The SMILES string of the molecule is On1cnc2nccnc21. The first-order valence-corrected chi connectivity index (χ1v) is 2.71. The third kappa shape index (κ3) is 0.540. The van der Waals surface area contributed by atoms with Crippen LogP contribution >= 0.6 is 0 Å². The molecule has 2 aromatic heterocycles. The minimum Gasteiger partial charge on any atom is -0.425 e. The molecule has 0 aliphatic carbocycles. The molecule has 0 aliphatic rings. The van der Waals surface area contributed by atoms with E-state index in [-0.39, 0.29) is 0 Å². The summed E-state index contributed by atoms with van der Waals surface area (Å²) in [4.78, 5) is 11.4. The van der Waals surface area contributed by atoms with Crippen molar-refractivity contribution < 1.29 is 5.21 Å². The van der Waals surface area contributed by atoms with Crippen LogP contribution in [0.4, 0.5) is 0 Å². The summed E-state index contributed by atoms with van der Waals surface area (Å²) in [7, 11) is 0. The monoisotopic (exact) mass is 136 g/mol. The van der Waals surface area contributed by atoms with Gasteiger partial charge in [-0.1, -0.05) is 0 Å². The van der Waals surface area contributed by atoms with E-state index in [4.69, 9.17) is 5.21 Å². The van der Waals surface area contributed by atoms with Crippen LogP contribution in [-0.4, -0.2) is 24.9 Å². The Labute approximate surface area is 55.9 Å². The second-order valence-corrected chi connectivity index (χ2v) is 1.79. The number of aromatic nitrogens is 4. The molecule has 0 saturated heterocycles. The maximum atomic E-state index is 8.96. The largest absolute Gasteiger partial charge is 0.425 e. The molecule has 0 radical (unpaired) electrons. The van der Waals surface area contributed by atoms with Crippen molar-refractivity contribution in [2.24, 2.45) is 0 Å². The van der Waals surface area contributed by atoms with E-state index in [1.807, 2.05) is 0 Å². The second kappa shape index (κ2) is 1.66. The van der Waals surface area contributed by atoms with Gasteiger partial charge in [0.05, 0.1) is 0 Å². The number of fused-ring (bicyclic) bond motifs is 1. The lowest BCUT2D eigenvalue weighted by molar-refractivity contribution is 0.196. The van der Waals surface area contributed by atoms with Crippen molar-refractivity contribution in [3.63, 3.8) is 0 Å². The highest BCUT2D eigenvalue weighted by Crippen LogP contribution is 2.01. The van der Waals surface area contributed by atoms with Crippen LogP contribution in [0.3, 0.4) is 0 Å². The van der Waals surface area contributed by atoms with E-state index >= 15 is 0 Å². The molecule has 0 bridgehead atoms. The molecule has 0 saturated carbocycles. The molecule has 0 spiro atoms. The normalized spacial score (nSPS) is 10.4. The summed E-state index contributed by atoms with van der Waals surface area (Å²) in [6, 6.07) is 0. The van der Waals surface area contributed by atoms with Crippen LogP contribution in [-0.2, 0) is 0 Å². The topological polar surface area (TPSA) is 63.8 Å². The molecule has 0 atom stereocenters. The number of hydrogen-bond acceptors (Lipinski definition) is 4. The molecule has 0 aliphatic heterocycles. The highest BCUT2D eigenvalue weighted by Gasteiger charge is 1.99. The summed E-state index contributed by atoms with van der Waals surface area (Å²) in [6.07, 6.45) is 4.27. The molecule has 0 aromatic carbocycles. The molecule has 50 valence electrons. The van der Waals surface area contributed by atoms with Crippen LogP contribution in [0.1, 0.15) is 0 Å². The van der Waals surface area contributed by atoms with Gasteiger partial charge in [-0.2, -0.15) is 4.73 Å². The summed E-state index contributed by atoms with van der Waals surface area (Å²) in [5.74, 6) is 0. The Hall–Kier alpha value is -1.65. The number of rotatable bonds is 0. The fourth-order valence-corrected chi connectivity index (χ4v) is 0.740. The van der Waals surface area contributed by atoms with E-state index in [1.54, 1.807) is 0 Å². The predicted molar refractivity (Wildman–Crippen MR) is 32.5 cm³/mol. The highest BCUT2D eigenvalue weighted by atomic mass is 16.5. The van der Waals surface area contributed by atoms with Crippen LogP contribution in [0, 0.1) is 0 Å². The van der Waals surface area contributed by atoms with Crippen LogP contribution in [0.25, 0.3) is 11.3 Å². The van der Waals surface area contributed by atoms with Gasteiger partial charge in [-0.3, -0.25) is 0 Å². The van der Waals surface area contributed by atoms with Crippen molar-refractivity contribution in [1.82, 2.24) is 19.7 Å². The summed E-state index contributed by atoms with van der Waals surface area (Å²) in [5, 5.41) is 8.96. The Bertz CT molecular complexity index is 355. The highest BCUT2D eigenvalue weighted by molar-refractivity contribution is 5.63. The van der Waals surface area contributed by atoms with Gasteiger partial charge < -0.3 is 5.21 Å². The van der Waals surface area contributed by atoms with E-state index in [1.165, 1.54) is 18.7 Å². The Morgan fingerprint density at radius 1 is 1.20 bits per heavy atom. The van der Waals surface area contributed by atoms with Crippen LogP contribution in [0.5, 0.6) is 0 Å². The first-order chi connectivity index (χ1) is 4.88. The van der Waals surface area contributed by atoms with Gasteiger partial charge in [0.15, 0.2) is 0 Å². The number of hydrogen-bond donors (Lipinski definition) is 1. The van der Waals surface area contributed by atoms with Gasteiger partial charge in [0.1, 0.15) is 6.33 Å². The molecular formula is C5H4N4O. The van der Waals surface area contributed by atoms with Gasteiger partial charge in [0.25, 0.3) is 0 Å². The van der Waals surface area contributed by atoms with Crippen molar-refractivity contribution in [1.29, 1.82) is 0 Å². The van der Waals surface area contributed by atoms with Gasteiger partial charge >= 0.3 is 0 Å². The zero-order chi connectivity index (χ0) is 6.97. The third-order valence-corrected chi connectivity index (χ3v) is 1.17. The molecule has 2 heterocycles. The van der Waals surface area contributed by atoms with Crippen molar-refractivity contribution in [2.45, 2.75) is 0 Å². The van der Waals surface area contributed by atoms with Crippen LogP contribution in [0.15, 0.2) is 18.7 Å². The molecule has 0 unspecified atom stereocenters. The second-order valence-electron chi connectivity index (χ2n) is 1.79. The molecule has 5 heteroatoms. The minimum absolute atomic E-state index is 0.377. The maximum Gasteiger partial charge on any atom is 0.214 e. The number of nitrogens with zero attached hydrogens (tertiary/aromatic N) is 4. The maximum absolute atomic E-state index is 8.96. The van der Waals surface area contributed by atoms with Gasteiger partial charge in [-0.15, -0.1) is 0 Å². The zero-order valence-electron chi connectivity index (χ0n) is 4.97. The lowest BCUT2D eigenvalue weighted by Gasteiger charge is -1.87. The fourth-order valence-electron chi connectivity index (χ4n) is 0.740. The Morgan fingerprint density at radius 3 is 2.80 bits per heavy atom. The first kappa shape index (κ1) is 5.16. The quantitative estimate of drug-likeness (QED) is 0.520. The van der Waals surface area contributed by atoms with Crippen molar-refractivity contribution in [3.8, 4) is 0 Å². The average molecular weight is 136 g/mol. The van der Waals surface area contributed by atoms with Gasteiger partial charge in [-0.05, 0) is 0 Å². The molecular weight excluding hydrogens is 132 g/mol. The predicted octanol–water partition coefficient (Wildman–Crippen LogP) is 0.0636.